The molecule has 0 heterocycles. The van der Waals surface area contributed by atoms with E-state index < -0.39 is 5.41 Å². The third kappa shape index (κ3) is 1.95. The molecule has 0 fully saturated rings. The summed E-state index contributed by atoms with van der Waals surface area (Å²) in [6.45, 7) is 3.66. The minimum atomic E-state index is -0.463. The Kier molecular flexibility index (Phi) is 2.84. The van der Waals surface area contributed by atoms with E-state index in [0.29, 0.717) is 10.6 Å². The zero-order chi connectivity index (χ0) is 10.1. The second-order valence-corrected chi connectivity index (χ2v) is 4.09. The monoisotopic (exact) mass is 200 g/mol. The highest BCUT2D eigenvalue weighted by Crippen LogP contribution is 2.35. The van der Waals surface area contributed by atoms with Crippen molar-refractivity contribution in [2.75, 3.05) is 6.61 Å². The minimum Gasteiger partial charge on any atom is -0.506 e. The maximum absolute atomic E-state index is 9.62. The molecule has 0 atom stereocenters. The zero-order valence-electron chi connectivity index (χ0n) is 7.71. The summed E-state index contributed by atoms with van der Waals surface area (Å²) in [5.41, 5.74) is 0.206. The molecule has 3 heteroatoms. The molecule has 0 bridgehead atoms. The highest BCUT2D eigenvalue weighted by Gasteiger charge is 2.23. The van der Waals surface area contributed by atoms with Gasteiger partial charge in [-0.3, -0.25) is 0 Å². The Morgan fingerprint density at radius 1 is 1.38 bits per heavy atom. The van der Waals surface area contributed by atoms with E-state index in [1.165, 1.54) is 0 Å². The first kappa shape index (κ1) is 10.4. The van der Waals surface area contributed by atoms with Gasteiger partial charge in [-0.05, 0) is 6.07 Å². The van der Waals surface area contributed by atoms with E-state index in [4.69, 9.17) is 16.7 Å². The van der Waals surface area contributed by atoms with Crippen LogP contribution in [0.1, 0.15) is 19.4 Å². The van der Waals surface area contributed by atoms with Crippen molar-refractivity contribution in [1.82, 2.24) is 0 Å². The van der Waals surface area contributed by atoms with Crippen molar-refractivity contribution in [2.24, 2.45) is 0 Å². The molecule has 2 N–H and O–H groups in total. The van der Waals surface area contributed by atoms with Gasteiger partial charge in [0.05, 0.1) is 11.6 Å². The second kappa shape index (κ2) is 3.56. The number of hydrogen-bond acceptors (Lipinski definition) is 2. The van der Waals surface area contributed by atoms with E-state index in [0.717, 1.165) is 0 Å². The first-order chi connectivity index (χ1) is 5.99. The van der Waals surface area contributed by atoms with Crippen molar-refractivity contribution < 1.29 is 10.2 Å². The summed E-state index contributed by atoms with van der Waals surface area (Å²) in [6.07, 6.45) is 0. The van der Waals surface area contributed by atoms with E-state index in [9.17, 15) is 5.11 Å². The van der Waals surface area contributed by atoms with E-state index >= 15 is 0 Å². The number of rotatable bonds is 2. The summed E-state index contributed by atoms with van der Waals surface area (Å²) in [7, 11) is 0. The molecule has 2 nitrogen and oxygen atoms in total. The summed E-state index contributed by atoms with van der Waals surface area (Å²) in [6, 6.07) is 5.14. The minimum absolute atomic E-state index is 0.0269. The van der Waals surface area contributed by atoms with Crippen LogP contribution >= 0.6 is 11.6 Å². The molecule has 0 saturated heterocycles. The number of phenolic OH excluding ortho intramolecular Hbond substituents is 1. The zero-order valence-corrected chi connectivity index (χ0v) is 8.47. The smallest absolute Gasteiger partial charge is 0.137 e. The fourth-order valence-corrected chi connectivity index (χ4v) is 1.32. The molecule has 0 aliphatic heterocycles. The molecule has 72 valence electrons. The van der Waals surface area contributed by atoms with Crippen LogP contribution in [0, 0.1) is 0 Å². The van der Waals surface area contributed by atoms with Crippen LogP contribution in [0.15, 0.2) is 18.2 Å². The topological polar surface area (TPSA) is 40.5 Å². The average Bonchev–Trinajstić information content (AvgIpc) is 2.09. The number of hydrogen-bond donors (Lipinski definition) is 2. The van der Waals surface area contributed by atoms with Crippen LogP contribution in [0.4, 0.5) is 0 Å². The highest BCUT2D eigenvalue weighted by molar-refractivity contribution is 6.32. The molecule has 13 heavy (non-hydrogen) atoms. The van der Waals surface area contributed by atoms with Crippen LogP contribution in [0.5, 0.6) is 5.75 Å². The van der Waals surface area contributed by atoms with Gasteiger partial charge in [-0.1, -0.05) is 37.6 Å². The summed E-state index contributed by atoms with van der Waals surface area (Å²) < 4.78 is 0. The molecular formula is C10H13ClO2. The molecule has 0 unspecified atom stereocenters. The van der Waals surface area contributed by atoms with Crippen molar-refractivity contribution in [3.8, 4) is 5.75 Å². The lowest BCUT2D eigenvalue weighted by atomic mass is 9.85. The largest absolute Gasteiger partial charge is 0.506 e. The normalized spacial score (nSPS) is 11.7. The molecule has 0 amide bonds. The molecular weight excluding hydrogens is 188 g/mol. The van der Waals surface area contributed by atoms with Crippen molar-refractivity contribution in [3.63, 3.8) is 0 Å². The van der Waals surface area contributed by atoms with Gasteiger partial charge >= 0.3 is 0 Å². The van der Waals surface area contributed by atoms with Crippen molar-refractivity contribution in [2.45, 2.75) is 19.3 Å². The summed E-state index contributed by atoms with van der Waals surface area (Å²) >= 11 is 5.75. The summed E-state index contributed by atoms with van der Waals surface area (Å²) in [5, 5.41) is 19.0. The number of aliphatic hydroxyl groups is 1. The van der Waals surface area contributed by atoms with Crippen LogP contribution in [0.3, 0.4) is 0 Å². The van der Waals surface area contributed by atoms with E-state index in [-0.39, 0.29) is 12.4 Å². The molecule has 0 saturated carbocycles. The fraction of sp³-hybridized carbons (Fsp3) is 0.400. The highest BCUT2D eigenvalue weighted by atomic mass is 35.5. The Bertz CT molecular complexity index is 308. The van der Waals surface area contributed by atoms with Gasteiger partial charge in [-0.2, -0.15) is 0 Å². The number of para-hydroxylation sites is 1. The van der Waals surface area contributed by atoms with Crippen LogP contribution in [-0.2, 0) is 5.41 Å². The predicted molar refractivity (Wildman–Crippen MR) is 53.2 cm³/mol. The van der Waals surface area contributed by atoms with E-state index in [1.54, 1.807) is 18.2 Å². The lowest BCUT2D eigenvalue weighted by molar-refractivity contribution is 0.215. The van der Waals surface area contributed by atoms with Crippen molar-refractivity contribution >= 4 is 11.6 Å². The number of halogens is 1. The molecule has 1 aromatic rings. The average molecular weight is 201 g/mol. The number of benzene rings is 1. The quantitative estimate of drug-likeness (QED) is 0.769. The second-order valence-electron chi connectivity index (χ2n) is 3.68. The van der Waals surface area contributed by atoms with Gasteiger partial charge in [0.1, 0.15) is 5.75 Å². The Balaban J connectivity index is 3.22. The van der Waals surface area contributed by atoms with Gasteiger partial charge in [0, 0.05) is 11.0 Å². The van der Waals surface area contributed by atoms with Gasteiger partial charge in [0.2, 0.25) is 0 Å². The van der Waals surface area contributed by atoms with Gasteiger partial charge in [0.15, 0.2) is 0 Å². The molecule has 0 aliphatic rings. The van der Waals surface area contributed by atoms with Gasteiger partial charge < -0.3 is 10.2 Å². The Labute approximate surface area is 82.8 Å². The predicted octanol–water partition coefficient (Wildman–Crippen LogP) is 2.32. The maximum atomic E-state index is 9.62. The molecule has 0 aromatic heterocycles. The Hall–Kier alpha value is -0.730. The van der Waals surface area contributed by atoms with E-state index in [1.807, 2.05) is 13.8 Å². The molecule has 0 aliphatic carbocycles. The fourth-order valence-electron chi connectivity index (χ4n) is 1.15. The van der Waals surface area contributed by atoms with E-state index in [2.05, 4.69) is 0 Å². The number of phenols is 1. The maximum Gasteiger partial charge on any atom is 0.137 e. The third-order valence-corrected chi connectivity index (χ3v) is 2.42. The summed E-state index contributed by atoms with van der Waals surface area (Å²) in [4.78, 5) is 0. The molecule has 1 rings (SSSR count). The van der Waals surface area contributed by atoms with Gasteiger partial charge in [-0.15, -0.1) is 0 Å². The molecule has 0 spiro atoms. The van der Waals surface area contributed by atoms with Crippen molar-refractivity contribution in [1.29, 1.82) is 0 Å². The van der Waals surface area contributed by atoms with Crippen LogP contribution in [0.25, 0.3) is 0 Å². The lowest BCUT2D eigenvalue weighted by Gasteiger charge is -2.23. The summed E-state index contributed by atoms with van der Waals surface area (Å²) in [5.74, 6) is 0.0585. The number of aliphatic hydroxyl groups excluding tert-OH is 1. The number of aromatic hydroxyl groups is 1. The Morgan fingerprint density at radius 3 is 2.54 bits per heavy atom. The van der Waals surface area contributed by atoms with Crippen LogP contribution < -0.4 is 0 Å². The van der Waals surface area contributed by atoms with Crippen molar-refractivity contribution in [3.05, 3.63) is 28.8 Å². The van der Waals surface area contributed by atoms with Crippen LogP contribution in [-0.4, -0.2) is 16.8 Å². The SMILES string of the molecule is CC(C)(CO)c1cccc(Cl)c1O. The lowest BCUT2D eigenvalue weighted by Crippen LogP contribution is -2.22. The molecule has 0 radical (unpaired) electrons. The van der Waals surface area contributed by atoms with Crippen LogP contribution in [0.2, 0.25) is 5.02 Å². The standard InChI is InChI=1S/C10H13ClO2/c1-10(2,6-12)7-4-3-5-8(11)9(7)13/h3-5,12-13H,6H2,1-2H3. The Morgan fingerprint density at radius 2 is 2.00 bits per heavy atom. The molecule has 1 aromatic carbocycles. The third-order valence-electron chi connectivity index (χ3n) is 2.11. The van der Waals surface area contributed by atoms with Gasteiger partial charge in [-0.25, -0.2) is 0 Å². The van der Waals surface area contributed by atoms with Gasteiger partial charge in [0.25, 0.3) is 0 Å². The first-order valence-corrected chi connectivity index (χ1v) is 4.45. The first-order valence-electron chi connectivity index (χ1n) is 4.08.